The highest BCUT2D eigenvalue weighted by molar-refractivity contribution is 6.01. The van der Waals surface area contributed by atoms with E-state index >= 15 is 0 Å². The fourth-order valence-corrected chi connectivity index (χ4v) is 3.13. The third-order valence-corrected chi connectivity index (χ3v) is 4.70. The molecule has 136 valence electrons. The summed E-state index contributed by atoms with van der Waals surface area (Å²) in [5, 5.41) is 11.6. The van der Waals surface area contributed by atoms with Crippen molar-refractivity contribution >= 4 is 28.6 Å². The molecule has 2 aromatic carbocycles. The summed E-state index contributed by atoms with van der Waals surface area (Å²) < 4.78 is 5.07. The molecule has 0 radical (unpaired) electrons. The number of primary amides is 1. The minimum Gasteiger partial charge on any atom is -0.506 e. The first-order valence-corrected chi connectivity index (χ1v) is 8.42. The maximum absolute atomic E-state index is 12.2. The fourth-order valence-electron chi connectivity index (χ4n) is 3.13. The van der Waals surface area contributed by atoms with Crippen LogP contribution in [0.1, 0.15) is 23.2 Å². The summed E-state index contributed by atoms with van der Waals surface area (Å²) >= 11 is 0. The number of carbonyl (C=O) groups excluding carboxylic acids is 3. The maximum Gasteiger partial charge on any atom is 0.342 e. The third-order valence-electron chi connectivity index (χ3n) is 4.70. The number of nitrogens with two attached hydrogens (primary N) is 1. The molecule has 1 fully saturated rings. The SMILES string of the molecule is NC(=O)C1CCN(C(=O)COC(=O)c2ccc3ccccc3c2O)CC1. The molecule has 7 nitrogen and oxygen atoms in total. The van der Waals surface area contributed by atoms with Crippen molar-refractivity contribution in [2.24, 2.45) is 11.7 Å². The fraction of sp³-hybridized carbons (Fsp3) is 0.316. The Labute approximate surface area is 150 Å². The highest BCUT2D eigenvalue weighted by Crippen LogP contribution is 2.29. The van der Waals surface area contributed by atoms with Gasteiger partial charge in [-0.2, -0.15) is 0 Å². The Kier molecular flexibility index (Phi) is 5.06. The van der Waals surface area contributed by atoms with Crippen LogP contribution in [0.4, 0.5) is 0 Å². The van der Waals surface area contributed by atoms with Gasteiger partial charge in [0.05, 0.1) is 0 Å². The lowest BCUT2D eigenvalue weighted by molar-refractivity contribution is -0.137. The average molecular weight is 356 g/mol. The van der Waals surface area contributed by atoms with Gasteiger partial charge in [-0.1, -0.05) is 30.3 Å². The van der Waals surface area contributed by atoms with E-state index in [-0.39, 0.29) is 29.0 Å². The monoisotopic (exact) mass is 356 g/mol. The minimum absolute atomic E-state index is 0.0175. The molecule has 0 atom stereocenters. The number of piperidine rings is 1. The zero-order valence-electron chi connectivity index (χ0n) is 14.2. The summed E-state index contributed by atoms with van der Waals surface area (Å²) in [7, 11) is 0. The number of likely N-dealkylation sites (tertiary alicyclic amines) is 1. The van der Waals surface area contributed by atoms with Crippen molar-refractivity contribution in [3.63, 3.8) is 0 Å². The molecule has 1 heterocycles. The van der Waals surface area contributed by atoms with Gasteiger partial charge in [0.15, 0.2) is 6.61 Å². The van der Waals surface area contributed by atoms with Crippen LogP contribution < -0.4 is 5.73 Å². The highest BCUT2D eigenvalue weighted by atomic mass is 16.5. The molecule has 3 N–H and O–H groups in total. The van der Waals surface area contributed by atoms with Crippen LogP contribution in [-0.2, 0) is 14.3 Å². The summed E-state index contributed by atoms with van der Waals surface area (Å²) in [6.45, 7) is 0.406. The number of fused-ring (bicyclic) bond motifs is 1. The van der Waals surface area contributed by atoms with Crippen molar-refractivity contribution in [2.75, 3.05) is 19.7 Å². The van der Waals surface area contributed by atoms with E-state index in [1.165, 1.54) is 6.07 Å². The lowest BCUT2D eigenvalue weighted by atomic mass is 9.96. The van der Waals surface area contributed by atoms with Crippen LogP contribution in [0, 0.1) is 5.92 Å². The van der Waals surface area contributed by atoms with Gasteiger partial charge in [0, 0.05) is 24.4 Å². The number of esters is 1. The predicted octanol–water partition coefficient (Wildman–Crippen LogP) is 1.43. The van der Waals surface area contributed by atoms with E-state index < -0.39 is 12.6 Å². The Morgan fingerprint density at radius 3 is 2.50 bits per heavy atom. The number of phenolic OH excluding ortho intramolecular Hbond substituents is 1. The van der Waals surface area contributed by atoms with Crippen LogP contribution in [0.15, 0.2) is 36.4 Å². The summed E-state index contributed by atoms with van der Waals surface area (Å²) in [5.74, 6) is -1.82. The molecular formula is C19H20N2O5. The molecule has 0 spiro atoms. The average Bonchev–Trinajstić information content (AvgIpc) is 2.66. The molecule has 26 heavy (non-hydrogen) atoms. The van der Waals surface area contributed by atoms with Gasteiger partial charge in [0.25, 0.3) is 5.91 Å². The van der Waals surface area contributed by atoms with Crippen LogP contribution in [-0.4, -0.2) is 47.5 Å². The third kappa shape index (κ3) is 3.61. The van der Waals surface area contributed by atoms with Crippen LogP contribution in [0.25, 0.3) is 10.8 Å². The smallest absolute Gasteiger partial charge is 0.342 e. The quantitative estimate of drug-likeness (QED) is 0.805. The Bertz CT molecular complexity index is 856. The first-order chi connectivity index (χ1) is 12.5. The van der Waals surface area contributed by atoms with Gasteiger partial charge in [0.1, 0.15) is 11.3 Å². The molecule has 1 aliphatic rings. The largest absolute Gasteiger partial charge is 0.506 e. The first kappa shape index (κ1) is 17.7. The van der Waals surface area contributed by atoms with Gasteiger partial charge in [-0.3, -0.25) is 9.59 Å². The summed E-state index contributed by atoms with van der Waals surface area (Å²) in [4.78, 5) is 37.1. The van der Waals surface area contributed by atoms with E-state index in [0.29, 0.717) is 31.3 Å². The van der Waals surface area contributed by atoms with Gasteiger partial charge < -0.3 is 20.5 Å². The van der Waals surface area contributed by atoms with Crippen molar-refractivity contribution in [1.82, 2.24) is 4.90 Å². The lowest BCUT2D eigenvalue weighted by Gasteiger charge is -2.30. The minimum atomic E-state index is -0.756. The van der Waals surface area contributed by atoms with Crippen molar-refractivity contribution in [1.29, 1.82) is 0 Å². The number of carbonyl (C=O) groups is 3. The van der Waals surface area contributed by atoms with E-state index in [4.69, 9.17) is 10.5 Å². The van der Waals surface area contributed by atoms with Crippen LogP contribution in [0.3, 0.4) is 0 Å². The second kappa shape index (κ2) is 7.43. The van der Waals surface area contributed by atoms with Crippen LogP contribution in [0.5, 0.6) is 5.75 Å². The lowest BCUT2D eigenvalue weighted by Crippen LogP contribution is -2.43. The van der Waals surface area contributed by atoms with E-state index in [2.05, 4.69) is 0 Å². The Morgan fingerprint density at radius 2 is 1.81 bits per heavy atom. The molecule has 0 aromatic heterocycles. The van der Waals surface area contributed by atoms with E-state index in [1.807, 2.05) is 12.1 Å². The summed E-state index contributed by atoms with van der Waals surface area (Å²) in [5.41, 5.74) is 5.29. The number of ether oxygens (including phenoxy) is 1. The van der Waals surface area contributed by atoms with Crippen molar-refractivity contribution in [3.8, 4) is 5.75 Å². The van der Waals surface area contributed by atoms with Crippen LogP contribution in [0.2, 0.25) is 0 Å². The van der Waals surface area contributed by atoms with Crippen molar-refractivity contribution < 1.29 is 24.2 Å². The standard InChI is InChI=1S/C19H20N2O5/c20-18(24)13-7-9-21(10-8-13)16(22)11-26-19(25)15-6-5-12-3-1-2-4-14(12)17(15)23/h1-6,13,23H,7-11H2,(H2,20,24). The van der Waals surface area contributed by atoms with E-state index in [1.54, 1.807) is 23.1 Å². The molecule has 1 aliphatic heterocycles. The molecule has 0 unspecified atom stereocenters. The molecule has 2 aromatic rings. The molecule has 0 saturated carbocycles. The summed E-state index contributed by atoms with van der Waals surface area (Å²) in [6, 6.07) is 10.3. The van der Waals surface area contributed by atoms with E-state index in [0.717, 1.165) is 5.39 Å². The van der Waals surface area contributed by atoms with Crippen molar-refractivity contribution in [2.45, 2.75) is 12.8 Å². The van der Waals surface area contributed by atoms with Gasteiger partial charge in [-0.25, -0.2) is 4.79 Å². The molecular weight excluding hydrogens is 336 g/mol. The molecule has 0 bridgehead atoms. The molecule has 3 rings (SSSR count). The van der Waals surface area contributed by atoms with Crippen LogP contribution >= 0.6 is 0 Å². The number of benzene rings is 2. The normalized spacial score (nSPS) is 15.0. The number of hydrogen-bond donors (Lipinski definition) is 2. The topological polar surface area (TPSA) is 110 Å². The molecule has 0 aliphatic carbocycles. The number of rotatable bonds is 4. The maximum atomic E-state index is 12.2. The molecule has 7 heteroatoms. The number of phenols is 1. The van der Waals surface area contributed by atoms with Gasteiger partial charge in [-0.05, 0) is 24.3 Å². The van der Waals surface area contributed by atoms with Gasteiger partial charge in [-0.15, -0.1) is 0 Å². The second-order valence-electron chi connectivity index (χ2n) is 6.32. The number of nitrogens with zero attached hydrogens (tertiary/aromatic N) is 1. The first-order valence-electron chi connectivity index (χ1n) is 8.42. The summed E-state index contributed by atoms with van der Waals surface area (Å²) in [6.07, 6.45) is 1.03. The van der Waals surface area contributed by atoms with Gasteiger partial charge >= 0.3 is 5.97 Å². The number of hydrogen-bond acceptors (Lipinski definition) is 5. The second-order valence-corrected chi connectivity index (χ2v) is 6.32. The molecule has 1 saturated heterocycles. The van der Waals surface area contributed by atoms with Crippen molar-refractivity contribution in [3.05, 3.63) is 42.0 Å². The zero-order valence-corrected chi connectivity index (χ0v) is 14.2. The van der Waals surface area contributed by atoms with Gasteiger partial charge in [0.2, 0.25) is 5.91 Å². The Morgan fingerprint density at radius 1 is 1.12 bits per heavy atom. The number of aromatic hydroxyl groups is 1. The zero-order chi connectivity index (χ0) is 18.7. The molecule has 2 amide bonds. The predicted molar refractivity (Wildman–Crippen MR) is 94.4 cm³/mol. The number of amides is 2. The van der Waals surface area contributed by atoms with E-state index in [9.17, 15) is 19.5 Å². The Hall–Kier alpha value is -3.09. The highest BCUT2D eigenvalue weighted by Gasteiger charge is 2.26. The Balaban J connectivity index is 1.60.